The van der Waals surface area contributed by atoms with Crippen LogP contribution < -0.4 is 5.32 Å². The van der Waals surface area contributed by atoms with Gasteiger partial charge in [-0.2, -0.15) is 0 Å². The number of amides is 2. The van der Waals surface area contributed by atoms with Crippen LogP contribution in [0.3, 0.4) is 0 Å². The lowest BCUT2D eigenvalue weighted by atomic mass is 9.75. The van der Waals surface area contributed by atoms with Crippen molar-refractivity contribution in [3.8, 4) is 0 Å². The second kappa shape index (κ2) is 7.84. The number of hydrogen-bond donors (Lipinski definition) is 2. The summed E-state index contributed by atoms with van der Waals surface area (Å²) in [6.45, 7) is 6.18. The summed E-state index contributed by atoms with van der Waals surface area (Å²) in [6, 6.07) is 6.47. The summed E-state index contributed by atoms with van der Waals surface area (Å²) in [6.07, 6.45) is 1.83. The third-order valence-electron chi connectivity index (χ3n) is 5.82. The molecule has 2 heterocycles. The van der Waals surface area contributed by atoms with Crippen molar-refractivity contribution in [1.82, 2.24) is 10.2 Å². The van der Waals surface area contributed by atoms with Crippen LogP contribution in [0.1, 0.15) is 51.6 Å². The summed E-state index contributed by atoms with van der Waals surface area (Å²) in [4.78, 5) is 40.1. The molecule has 2 saturated heterocycles. The number of carboxylic acid groups (broad SMARTS) is 1. The molecule has 152 valence electrons. The molecule has 7 heteroatoms. The number of carbonyl (C=O) groups is 3. The summed E-state index contributed by atoms with van der Waals surface area (Å²) in [5, 5.41) is 13.9. The highest BCUT2D eigenvalue weighted by molar-refractivity contribution is 6.30. The van der Waals surface area contributed by atoms with Crippen LogP contribution in [0.2, 0.25) is 5.02 Å². The smallest absolute Gasteiger partial charge is 0.324 e. The lowest BCUT2D eigenvalue weighted by Gasteiger charge is -2.32. The molecule has 2 amide bonds. The Morgan fingerprint density at radius 1 is 1.25 bits per heavy atom. The predicted octanol–water partition coefficient (Wildman–Crippen LogP) is 3.26. The van der Waals surface area contributed by atoms with E-state index >= 15 is 0 Å². The van der Waals surface area contributed by atoms with E-state index in [1.807, 2.05) is 20.8 Å². The first-order chi connectivity index (χ1) is 13.2. The van der Waals surface area contributed by atoms with Crippen molar-refractivity contribution in [3.63, 3.8) is 0 Å². The minimum atomic E-state index is -1.46. The molecule has 4 atom stereocenters. The maximum absolute atomic E-state index is 13.2. The number of carboxylic acids is 1. The Hall–Kier alpha value is -1.92. The molecule has 1 aromatic rings. The number of rotatable bonds is 7. The first-order valence-corrected chi connectivity index (χ1v) is 10.2. The molecule has 0 spiro atoms. The zero-order valence-corrected chi connectivity index (χ0v) is 17.2. The molecule has 0 aromatic heterocycles. The highest BCUT2D eigenvalue weighted by Gasteiger charge is 2.68. The van der Waals surface area contributed by atoms with E-state index in [4.69, 9.17) is 11.6 Å². The molecule has 0 radical (unpaired) electrons. The van der Waals surface area contributed by atoms with Gasteiger partial charge in [0, 0.05) is 17.6 Å². The van der Waals surface area contributed by atoms with E-state index in [1.54, 1.807) is 24.3 Å². The van der Waals surface area contributed by atoms with Gasteiger partial charge >= 0.3 is 5.97 Å². The largest absolute Gasteiger partial charge is 0.480 e. The summed E-state index contributed by atoms with van der Waals surface area (Å²) in [7, 11) is 0. The van der Waals surface area contributed by atoms with Crippen molar-refractivity contribution in [2.45, 2.75) is 51.6 Å². The molecule has 3 rings (SSSR count). The van der Waals surface area contributed by atoms with Crippen molar-refractivity contribution in [2.24, 2.45) is 17.8 Å². The van der Waals surface area contributed by atoms with Gasteiger partial charge in [-0.3, -0.25) is 24.6 Å². The van der Waals surface area contributed by atoms with E-state index in [0.717, 1.165) is 12.0 Å². The topological polar surface area (TPSA) is 86.7 Å². The molecular formula is C21H27ClN2O4. The molecule has 2 fully saturated rings. The van der Waals surface area contributed by atoms with Crippen LogP contribution in [-0.4, -0.2) is 39.9 Å². The zero-order valence-electron chi connectivity index (χ0n) is 16.4. The Morgan fingerprint density at radius 3 is 2.43 bits per heavy atom. The molecule has 1 aromatic carbocycles. The number of halogens is 1. The van der Waals surface area contributed by atoms with Crippen LogP contribution in [0, 0.1) is 17.8 Å². The Labute approximate surface area is 170 Å². The van der Waals surface area contributed by atoms with Gasteiger partial charge in [0.2, 0.25) is 11.8 Å². The summed E-state index contributed by atoms with van der Waals surface area (Å²) in [5.74, 6) is -3.30. The van der Waals surface area contributed by atoms with E-state index in [1.165, 1.54) is 4.90 Å². The number of carbonyl (C=O) groups excluding carboxylic acids is 2. The van der Waals surface area contributed by atoms with Gasteiger partial charge < -0.3 is 5.11 Å². The maximum Gasteiger partial charge on any atom is 0.324 e. The number of benzene rings is 1. The Kier molecular flexibility index (Phi) is 5.82. The van der Waals surface area contributed by atoms with Crippen LogP contribution >= 0.6 is 11.6 Å². The SMILES string of the molecule is CCCCN1C(=O)C2C(c3ccc(Cl)cc3)NC(CC(C)C)(C(=O)O)C2C1=O. The van der Waals surface area contributed by atoms with Crippen LogP contribution in [-0.2, 0) is 14.4 Å². The van der Waals surface area contributed by atoms with Crippen LogP contribution in [0.4, 0.5) is 0 Å². The number of nitrogens with zero attached hydrogens (tertiary/aromatic N) is 1. The number of hydrogen-bond acceptors (Lipinski definition) is 4. The van der Waals surface area contributed by atoms with E-state index in [0.29, 0.717) is 18.0 Å². The van der Waals surface area contributed by atoms with Gasteiger partial charge in [-0.25, -0.2) is 0 Å². The predicted molar refractivity (Wildman–Crippen MR) is 106 cm³/mol. The Bertz CT molecular complexity index is 779. The van der Waals surface area contributed by atoms with Gasteiger partial charge in [0.05, 0.1) is 11.8 Å². The van der Waals surface area contributed by atoms with E-state index < -0.39 is 29.4 Å². The number of aliphatic carboxylic acids is 1. The first kappa shape index (κ1) is 20.8. The van der Waals surface area contributed by atoms with Gasteiger partial charge in [0.25, 0.3) is 0 Å². The van der Waals surface area contributed by atoms with Gasteiger partial charge in [-0.15, -0.1) is 0 Å². The number of likely N-dealkylation sites (tertiary alicyclic amines) is 1. The molecule has 0 bridgehead atoms. The molecule has 2 aliphatic heterocycles. The van der Waals surface area contributed by atoms with Gasteiger partial charge in [-0.05, 0) is 36.5 Å². The summed E-state index contributed by atoms with van der Waals surface area (Å²) < 4.78 is 0. The minimum Gasteiger partial charge on any atom is -0.480 e. The third-order valence-corrected chi connectivity index (χ3v) is 6.07. The van der Waals surface area contributed by atoms with Gasteiger partial charge in [0.15, 0.2) is 0 Å². The Balaban J connectivity index is 2.09. The van der Waals surface area contributed by atoms with Crippen LogP contribution in [0.15, 0.2) is 24.3 Å². The fourth-order valence-electron chi connectivity index (χ4n) is 4.67. The number of imide groups is 1. The lowest BCUT2D eigenvalue weighted by molar-refractivity contribution is -0.152. The van der Waals surface area contributed by atoms with Crippen LogP contribution in [0.5, 0.6) is 0 Å². The Morgan fingerprint density at radius 2 is 1.89 bits per heavy atom. The average Bonchev–Trinajstić information content (AvgIpc) is 3.09. The standard InChI is InChI=1S/C21H27ClN2O4/c1-4-5-10-24-18(25)15-16(19(24)26)21(20(27)28,11-12(2)3)23-17(15)13-6-8-14(22)9-7-13/h6-9,12,15-17,23H,4-5,10-11H2,1-3H3,(H,27,28). The second-order valence-corrected chi connectivity index (χ2v) is 8.67. The maximum atomic E-state index is 13.2. The highest BCUT2D eigenvalue weighted by atomic mass is 35.5. The van der Waals surface area contributed by atoms with Crippen molar-refractivity contribution in [1.29, 1.82) is 0 Å². The number of unbranched alkanes of at least 4 members (excludes halogenated alkanes) is 1. The molecular weight excluding hydrogens is 380 g/mol. The molecule has 28 heavy (non-hydrogen) atoms. The number of nitrogens with one attached hydrogen (secondary N) is 1. The van der Waals surface area contributed by atoms with Gasteiger partial charge in [-0.1, -0.05) is 50.9 Å². The highest BCUT2D eigenvalue weighted by Crippen LogP contribution is 2.51. The normalized spacial score (nSPS) is 29.6. The first-order valence-electron chi connectivity index (χ1n) is 9.84. The monoisotopic (exact) mass is 406 g/mol. The minimum absolute atomic E-state index is 0.0424. The van der Waals surface area contributed by atoms with Crippen molar-refractivity contribution < 1.29 is 19.5 Å². The van der Waals surface area contributed by atoms with Crippen molar-refractivity contribution in [2.75, 3.05) is 6.54 Å². The third kappa shape index (κ3) is 3.33. The fraction of sp³-hybridized carbons (Fsp3) is 0.571. The second-order valence-electron chi connectivity index (χ2n) is 8.23. The molecule has 4 unspecified atom stereocenters. The van der Waals surface area contributed by atoms with E-state index in [2.05, 4.69) is 5.32 Å². The summed E-state index contributed by atoms with van der Waals surface area (Å²) >= 11 is 5.99. The fourth-order valence-corrected chi connectivity index (χ4v) is 4.80. The average molecular weight is 407 g/mol. The molecule has 6 nitrogen and oxygen atoms in total. The quantitative estimate of drug-likeness (QED) is 0.679. The molecule has 2 N–H and O–H groups in total. The van der Waals surface area contributed by atoms with Crippen molar-refractivity contribution in [3.05, 3.63) is 34.9 Å². The summed E-state index contributed by atoms with van der Waals surface area (Å²) in [5.41, 5.74) is -0.693. The zero-order chi connectivity index (χ0) is 20.6. The molecule has 0 aliphatic carbocycles. The lowest BCUT2D eigenvalue weighted by Crippen LogP contribution is -2.56. The van der Waals surface area contributed by atoms with E-state index in [-0.39, 0.29) is 24.2 Å². The van der Waals surface area contributed by atoms with E-state index in [9.17, 15) is 19.5 Å². The number of fused-ring (bicyclic) bond motifs is 1. The molecule has 2 aliphatic rings. The molecule has 0 saturated carbocycles. The van der Waals surface area contributed by atoms with Gasteiger partial charge in [0.1, 0.15) is 5.54 Å². The van der Waals surface area contributed by atoms with Crippen LogP contribution in [0.25, 0.3) is 0 Å². The van der Waals surface area contributed by atoms with Crippen molar-refractivity contribution >= 4 is 29.4 Å².